The Morgan fingerprint density at radius 2 is 2.02 bits per heavy atom. The summed E-state index contributed by atoms with van der Waals surface area (Å²) in [6, 6.07) is 0. The van der Waals surface area contributed by atoms with Gasteiger partial charge in [-0.1, -0.05) is 63.1 Å². The SMILES string of the molecule is C#CCN(CC)CCN(C)C(=O)OC1/C=C/C(C)C(/C(C)=C/C=C/C(C)(O)CC2OC2C(C)C(O)CC)OC(=O)CC(O)CCC1(C)N=O. The third-order valence-corrected chi connectivity index (χ3v) is 9.63. The zero-order valence-electron chi connectivity index (χ0n) is 30.6. The van der Waals surface area contributed by atoms with Crippen LogP contribution in [0.4, 0.5) is 4.79 Å². The van der Waals surface area contributed by atoms with Crippen molar-refractivity contribution in [1.82, 2.24) is 9.80 Å². The average Bonchev–Trinajstić information content (AvgIpc) is 3.82. The number of aliphatic hydroxyl groups is 3. The van der Waals surface area contributed by atoms with Crippen molar-refractivity contribution in [2.24, 2.45) is 17.0 Å². The van der Waals surface area contributed by atoms with Crippen molar-refractivity contribution in [2.45, 2.75) is 128 Å². The van der Waals surface area contributed by atoms with Crippen LogP contribution >= 0.6 is 0 Å². The molecule has 2 aliphatic heterocycles. The molecule has 12 nitrogen and oxygen atoms in total. The maximum absolute atomic E-state index is 13.2. The fraction of sp³-hybridized carbons (Fsp3) is 0.730. The number of amides is 1. The molecule has 12 heteroatoms. The fourth-order valence-corrected chi connectivity index (χ4v) is 5.96. The van der Waals surface area contributed by atoms with Crippen LogP contribution in [-0.2, 0) is 19.0 Å². The van der Waals surface area contributed by atoms with Gasteiger partial charge < -0.3 is 34.4 Å². The molecule has 0 bridgehead atoms. The molecule has 1 saturated heterocycles. The third-order valence-electron chi connectivity index (χ3n) is 9.63. The van der Waals surface area contributed by atoms with Gasteiger partial charge in [0.05, 0.1) is 43.0 Å². The van der Waals surface area contributed by atoms with Gasteiger partial charge in [-0.25, -0.2) is 4.79 Å². The molecule has 10 unspecified atom stereocenters. The van der Waals surface area contributed by atoms with Crippen molar-refractivity contribution in [3.63, 3.8) is 0 Å². The summed E-state index contributed by atoms with van der Waals surface area (Å²) >= 11 is 0. The smallest absolute Gasteiger partial charge is 0.410 e. The number of carbonyl (C=O) groups is 2. The van der Waals surface area contributed by atoms with Crippen LogP contribution in [0.2, 0.25) is 0 Å². The molecule has 0 radical (unpaired) electrons. The van der Waals surface area contributed by atoms with Crippen molar-refractivity contribution in [1.29, 1.82) is 0 Å². The first-order chi connectivity index (χ1) is 23.0. The Kier molecular flexibility index (Phi) is 16.6. The molecule has 0 aliphatic carbocycles. The molecular weight excluding hydrogens is 630 g/mol. The standard InChI is InChI=1S/C37H59N3O9/c1-10-20-40(12-3)22-21-39(9)35(44)48-31-16-15-26(5)33(49-32(43)23-28(41)17-19-37(31,8)38-46)25(4)14-13-18-36(7,45)24-30-34(47-30)27(6)29(42)11-2/h1,13-16,18,26-31,33-34,41-42,45H,11-12,17,19-24H2,2-9H3/b16-15+,18-13+,25-14+. The van der Waals surface area contributed by atoms with E-state index in [1.807, 2.05) is 32.6 Å². The van der Waals surface area contributed by atoms with Crippen LogP contribution in [0.3, 0.4) is 0 Å². The average molecular weight is 690 g/mol. The Bertz CT molecular complexity index is 1230. The number of aliphatic hydroxyl groups excluding tert-OH is 2. The van der Waals surface area contributed by atoms with E-state index in [4.69, 9.17) is 20.6 Å². The Morgan fingerprint density at radius 3 is 2.63 bits per heavy atom. The molecule has 1 fully saturated rings. The number of cyclic esters (lactones) is 1. The number of likely N-dealkylation sites (N-methyl/N-ethyl adjacent to an activating group) is 2. The van der Waals surface area contributed by atoms with Crippen LogP contribution in [-0.4, -0.2) is 118 Å². The van der Waals surface area contributed by atoms with E-state index < -0.39 is 53.5 Å². The zero-order valence-corrected chi connectivity index (χ0v) is 30.6. The molecule has 2 rings (SSSR count). The van der Waals surface area contributed by atoms with E-state index >= 15 is 0 Å². The van der Waals surface area contributed by atoms with Crippen LogP contribution in [0.1, 0.15) is 80.6 Å². The number of allylic oxidation sites excluding steroid dienone is 2. The number of nitrogens with zero attached hydrogens (tertiary/aromatic N) is 3. The van der Waals surface area contributed by atoms with Gasteiger partial charge in [0, 0.05) is 38.4 Å². The minimum Gasteiger partial charge on any atom is -0.457 e. The maximum Gasteiger partial charge on any atom is 0.410 e. The van der Waals surface area contributed by atoms with Gasteiger partial charge in [-0.15, -0.1) is 6.42 Å². The van der Waals surface area contributed by atoms with Crippen molar-refractivity contribution in [3.05, 3.63) is 40.9 Å². The van der Waals surface area contributed by atoms with Crippen LogP contribution in [0.25, 0.3) is 0 Å². The van der Waals surface area contributed by atoms with E-state index in [2.05, 4.69) is 11.1 Å². The normalized spacial score (nSPS) is 31.3. The second kappa shape index (κ2) is 19.3. The Hall–Kier alpha value is -3.08. The van der Waals surface area contributed by atoms with Gasteiger partial charge in [0.1, 0.15) is 11.6 Å². The molecule has 0 spiro atoms. The number of terminal acetylenes is 1. The van der Waals surface area contributed by atoms with Crippen molar-refractivity contribution >= 4 is 12.1 Å². The van der Waals surface area contributed by atoms with E-state index in [0.29, 0.717) is 38.0 Å². The summed E-state index contributed by atoms with van der Waals surface area (Å²) in [5.41, 5.74) is -1.93. The lowest BCUT2D eigenvalue weighted by molar-refractivity contribution is -0.151. The molecular formula is C37H59N3O9. The molecule has 0 saturated carbocycles. The highest BCUT2D eigenvalue weighted by Crippen LogP contribution is 2.37. The number of hydrogen-bond acceptors (Lipinski definition) is 11. The zero-order chi connectivity index (χ0) is 36.9. The predicted octanol–water partition coefficient (Wildman–Crippen LogP) is 4.37. The summed E-state index contributed by atoms with van der Waals surface area (Å²) in [7, 11) is 1.60. The number of nitroso groups, excluding NO2 is 1. The first-order valence-electron chi connectivity index (χ1n) is 17.4. The van der Waals surface area contributed by atoms with Crippen LogP contribution in [0, 0.1) is 29.1 Å². The molecule has 2 heterocycles. The molecule has 0 aromatic rings. The lowest BCUT2D eigenvalue weighted by Gasteiger charge is -2.32. The molecule has 0 aromatic heterocycles. The summed E-state index contributed by atoms with van der Waals surface area (Å²) in [6.45, 7) is 14.8. The summed E-state index contributed by atoms with van der Waals surface area (Å²) in [6.07, 6.45) is 10.4. The van der Waals surface area contributed by atoms with E-state index in [1.54, 1.807) is 58.2 Å². The molecule has 49 heavy (non-hydrogen) atoms. The summed E-state index contributed by atoms with van der Waals surface area (Å²) in [5, 5.41) is 35.2. The molecule has 3 N–H and O–H groups in total. The number of carbonyl (C=O) groups excluding carboxylic acids is 2. The van der Waals surface area contributed by atoms with Gasteiger partial charge in [0.25, 0.3) is 0 Å². The molecule has 2 aliphatic rings. The topological polar surface area (TPSA) is 162 Å². The summed E-state index contributed by atoms with van der Waals surface area (Å²) in [4.78, 5) is 41.7. The Labute approximate surface area is 292 Å². The number of rotatable bonds is 15. The van der Waals surface area contributed by atoms with Gasteiger partial charge in [0.2, 0.25) is 0 Å². The largest absolute Gasteiger partial charge is 0.457 e. The van der Waals surface area contributed by atoms with Gasteiger partial charge in [0.15, 0.2) is 6.10 Å². The molecule has 1 amide bonds. The minimum absolute atomic E-state index is 0.0269. The monoisotopic (exact) mass is 689 g/mol. The van der Waals surface area contributed by atoms with Gasteiger partial charge in [-0.2, -0.15) is 4.91 Å². The summed E-state index contributed by atoms with van der Waals surface area (Å²) in [5.74, 6) is 1.54. The first-order valence-corrected chi connectivity index (χ1v) is 17.4. The molecule has 276 valence electrons. The second-order valence-electron chi connectivity index (χ2n) is 14.1. The number of epoxide rings is 1. The number of esters is 1. The summed E-state index contributed by atoms with van der Waals surface area (Å²) < 4.78 is 17.4. The van der Waals surface area contributed by atoms with Crippen molar-refractivity contribution in [3.8, 4) is 12.3 Å². The van der Waals surface area contributed by atoms with Gasteiger partial charge >= 0.3 is 12.1 Å². The third kappa shape index (κ3) is 13.3. The second-order valence-corrected chi connectivity index (χ2v) is 14.1. The van der Waals surface area contributed by atoms with Crippen molar-refractivity contribution < 1.29 is 39.1 Å². The fourth-order valence-electron chi connectivity index (χ4n) is 5.96. The maximum atomic E-state index is 13.2. The van der Waals surface area contributed by atoms with E-state index in [0.717, 1.165) is 6.54 Å². The number of ether oxygens (including phenoxy) is 3. The minimum atomic E-state index is -1.42. The Balaban J connectivity index is 2.26. The Morgan fingerprint density at radius 1 is 1.33 bits per heavy atom. The highest BCUT2D eigenvalue weighted by Gasteiger charge is 2.47. The van der Waals surface area contributed by atoms with Gasteiger partial charge in [-0.3, -0.25) is 9.69 Å². The van der Waals surface area contributed by atoms with E-state index in [-0.39, 0.29) is 37.4 Å². The van der Waals surface area contributed by atoms with Crippen LogP contribution in [0.15, 0.2) is 41.1 Å². The lowest BCUT2D eigenvalue weighted by Crippen LogP contribution is -2.44. The van der Waals surface area contributed by atoms with Crippen molar-refractivity contribution in [2.75, 3.05) is 33.2 Å². The predicted molar refractivity (Wildman–Crippen MR) is 188 cm³/mol. The highest BCUT2D eigenvalue weighted by atomic mass is 16.6. The van der Waals surface area contributed by atoms with Crippen LogP contribution < -0.4 is 0 Å². The van der Waals surface area contributed by atoms with E-state index in [9.17, 15) is 29.8 Å². The molecule has 0 aromatic carbocycles. The van der Waals surface area contributed by atoms with Crippen LogP contribution in [0.5, 0.6) is 0 Å². The quantitative estimate of drug-likeness (QED) is 0.0562. The molecule has 10 atom stereocenters. The first kappa shape index (κ1) is 42.1. The number of hydrogen-bond donors (Lipinski definition) is 3. The van der Waals surface area contributed by atoms with E-state index in [1.165, 1.54) is 4.90 Å². The lowest BCUT2D eigenvalue weighted by atomic mass is 9.86. The van der Waals surface area contributed by atoms with Gasteiger partial charge in [-0.05, 0) is 58.2 Å². The highest BCUT2D eigenvalue weighted by molar-refractivity contribution is 5.70.